The van der Waals surface area contributed by atoms with E-state index in [0.717, 1.165) is 24.6 Å². The van der Waals surface area contributed by atoms with Crippen molar-refractivity contribution in [2.75, 3.05) is 13.2 Å². The van der Waals surface area contributed by atoms with E-state index in [0.29, 0.717) is 18.1 Å². The van der Waals surface area contributed by atoms with Crippen LogP contribution in [0.5, 0.6) is 0 Å². The molecule has 0 amide bonds. The number of hydrogen-bond acceptors (Lipinski definition) is 2. The highest BCUT2D eigenvalue weighted by atomic mass is 35.5. The van der Waals surface area contributed by atoms with Gasteiger partial charge in [0.25, 0.3) is 0 Å². The Morgan fingerprint density at radius 3 is 2.65 bits per heavy atom. The Bertz CT molecular complexity index is 384. The first-order chi connectivity index (χ1) is 9.65. The fourth-order valence-electron chi connectivity index (χ4n) is 2.76. The first-order valence-electron chi connectivity index (χ1n) is 7.75. The third kappa shape index (κ3) is 5.08. The van der Waals surface area contributed by atoms with E-state index < -0.39 is 0 Å². The Hall–Kier alpha value is -0.570. The maximum Gasteiger partial charge on any atom is 0.0576 e. The Morgan fingerprint density at radius 1 is 1.30 bits per heavy atom. The van der Waals surface area contributed by atoms with Gasteiger partial charge in [0.15, 0.2) is 0 Å². The molecular weight excluding hydrogens is 270 g/mol. The van der Waals surface area contributed by atoms with Crippen molar-refractivity contribution < 1.29 is 4.74 Å². The topological polar surface area (TPSA) is 21.3 Å². The van der Waals surface area contributed by atoms with Gasteiger partial charge in [-0.2, -0.15) is 0 Å². The Labute approximate surface area is 127 Å². The molecule has 20 heavy (non-hydrogen) atoms. The molecule has 0 saturated carbocycles. The van der Waals surface area contributed by atoms with Gasteiger partial charge in [-0.3, -0.25) is 0 Å². The van der Waals surface area contributed by atoms with Crippen LogP contribution in [0.3, 0.4) is 0 Å². The third-order valence-corrected chi connectivity index (χ3v) is 4.23. The zero-order valence-electron chi connectivity index (χ0n) is 12.6. The number of benzene rings is 1. The van der Waals surface area contributed by atoms with Crippen molar-refractivity contribution in [2.24, 2.45) is 0 Å². The Balaban J connectivity index is 1.93. The molecule has 112 valence electrons. The molecule has 0 aromatic heterocycles. The highest BCUT2D eigenvalue weighted by Gasteiger charge is 2.19. The van der Waals surface area contributed by atoms with Gasteiger partial charge in [-0.25, -0.2) is 0 Å². The van der Waals surface area contributed by atoms with Crippen molar-refractivity contribution in [1.82, 2.24) is 5.32 Å². The quantitative estimate of drug-likeness (QED) is 0.806. The van der Waals surface area contributed by atoms with Crippen LogP contribution in [0.4, 0.5) is 0 Å². The van der Waals surface area contributed by atoms with Gasteiger partial charge in [-0.1, -0.05) is 37.6 Å². The van der Waals surface area contributed by atoms with E-state index in [9.17, 15) is 0 Å². The second-order valence-corrected chi connectivity index (χ2v) is 6.46. The molecule has 2 rings (SSSR count). The molecule has 0 spiro atoms. The van der Waals surface area contributed by atoms with Gasteiger partial charge in [0, 0.05) is 24.2 Å². The van der Waals surface area contributed by atoms with E-state index in [1.165, 1.54) is 24.8 Å². The summed E-state index contributed by atoms with van der Waals surface area (Å²) in [6.07, 6.45) is 5.26. The van der Waals surface area contributed by atoms with Crippen molar-refractivity contribution in [3.05, 3.63) is 34.9 Å². The SMILES string of the molecule is CC(C)NCC(CCC1CCCO1)c1ccc(Cl)cc1. The maximum atomic E-state index is 5.99. The minimum absolute atomic E-state index is 0.476. The lowest BCUT2D eigenvalue weighted by atomic mass is 9.92. The summed E-state index contributed by atoms with van der Waals surface area (Å²) in [5.74, 6) is 0.541. The Morgan fingerprint density at radius 2 is 2.05 bits per heavy atom. The van der Waals surface area contributed by atoms with Crippen LogP contribution in [0.2, 0.25) is 5.02 Å². The van der Waals surface area contributed by atoms with Crippen molar-refractivity contribution >= 4 is 11.6 Å². The number of hydrogen-bond donors (Lipinski definition) is 1. The summed E-state index contributed by atoms with van der Waals surface area (Å²) in [7, 11) is 0. The van der Waals surface area contributed by atoms with E-state index >= 15 is 0 Å². The average molecular weight is 296 g/mol. The van der Waals surface area contributed by atoms with Crippen molar-refractivity contribution in [3.8, 4) is 0 Å². The molecule has 0 bridgehead atoms. The average Bonchev–Trinajstić information content (AvgIpc) is 2.93. The fourth-order valence-corrected chi connectivity index (χ4v) is 2.88. The largest absolute Gasteiger partial charge is 0.378 e. The van der Waals surface area contributed by atoms with Crippen LogP contribution in [0.1, 0.15) is 51.0 Å². The highest BCUT2D eigenvalue weighted by molar-refractivity contribution is 6.30. The molecule has 2 unspecified atom stereocenters. The van der Waals surface area contributed by atoms with Gasteiger partial charge in [-0.05, 0) is 49.3 Å². The normalized spacial score (nSPS) is 20.5. The molecule has 1 saturated heterocycles. The zero-order valence-corrected chi connectivity index (χ0v) is 13.3. The van der Waals surface area contributed by atoms with Crippen molar-refractivity contribution in [3.63, 3.8) is 0 Å². The van der Waals surface area contributed by atoms with E-state index in [1.807, 2.05) is 12.1 Å². The van der Waals surface area contributed by atoms with Gasteiger partial charge in [0.1, 0.15) is 0 Å². The van der Waals surface area contributed by atoms with Gasteiger partial charge in [0.05, 0.1) is 6.10 Å². The molecule has 1 aliphatic heterocycles. The molecule has 0 aliphatic carbocycles. The highest BCUT2D eigenvalue weighted by Crippen LogP contribution is 2.26. The molecule has 1 aromatic carbocycles. The smallest absolute Gasteiger partial charge is 0.0576 e. The first kappa shape index (κ1) is 15.8. The van der Waals surface area contributed by atoms with Gasteiger partial charge >= 0.3 is 0 Å². The minimum Gasteiger partial charge on any atom is -0.378 e. The van der Waals surface area contributed by atoms with E-state index in [2.05, 4.69) is 31.3 Å². The molecule has 1 heterocycles. The predicted octanol–water partition coefficient (Wildman–Crippen LogP) is 4.38. The van der Waals surface area contributed by atoms with Gasteiger partial charge in [0.2, 0.25) is 0 Å². The molecular formula is C17H26ClNO. The summed E-state index contributed by atoms with van der Waals surface area (Å²) >= 11 is 5.99. The minimum atomic E-state index is 0.476. The predicted molar refractivity (Wildman–Crippen MR) is 85.5 cm³/mol. The molecule has 1 fully saturated rings. The summed E-state index contributed by atoms with van der Waals surface area (Å²) < 4.78 is 5.74. The second-order valence-electron chi connectivity index (χ2n) is 6.02. The zero-order chi connectivity index (χ0) is 14.4. The van der Waals surface area contributed by atoms with E-state index in [4.69, 9.17) is 16.3 Å². The van der Waals surface area contributed by atoms with Crippen molar-refractivity contribution in [2.45, 2.75) is 57.6 Å². The molecule has 2 nitrogen and oxygen atoms in total. The number of nitrogens with one attached hydrogen (secondary N) is 1. The lowest BCUT2D eigenvalue weighted by molar-refractivity contribution is 0.100. The third-order valence-electron chi connectivity index (χ3n) is 3.98. The maximum absolute atomic E-state index is 5.99. The van der Waals surface area contributed by atoms with E-state index in [1.54, 1.807) is 0 Å². The standard InChI is InChI=1S/C17H26ClNO/c1-13(2)19-12-15(7-10-17-4-3-11-20-17)14-5-8-16(18)9-6-14/h5-6,8-9,13,15,17,19H,3-4,7,10-12H2,1-2H3. The van der Waals surface area contributed by atoms with Crippen LogP contribution in [-0.2, 0) is 4.74 Å². The first-order valence-corrected chi connectivity index (χ1v) is 8.13. The molecule has 0 radical (unpaired) electrons. The molecule has 3 heteroatoms. The summed E-state index contributed by atoms with van der Waals surface area (Å²) in [6, 6.07) is 8.82. The van der Waals surface area contributed by atoms with Crippen LogP contribution in [0.15, 0.2) is 24.3 Å². The van der Waals surface area contributed by atoms with Gasteiger partial charge < -0.3 is 10.1 Å². The molecule has 2 atom stereocenters. The lowest BCUT2D eigenvalue weighted by Gasteiger charge is -2.21. The lowest BCUT2D eigenvalue weighted by Crippen LogP contribution is -2.28. The Kier molecular flexibility index (Phi) is 6.34. The van der Waals surface area contributed by atoms with Crippen LogP contribution in [-0.4, -0.2) is 25.3 Å². The number of halogens is 1. The summed E-state index contributed by atoms with van der Waals surface area (Å²) in [5.41, 5.74) is 1.38. The summed E-state index contributed by atoms with van der Waals surface area (Å²) in [5, 5.41) is 4.37. The van der Waals surface area contributed by atoms with Crippen LogP contribution >= 0.6 is 11.6 Å². The molecule has 1 aliphatic rings. The summed E-state index contributed by atoms with van der Waals surface area (Å²) in [4.78, 5) is 0. The monoisotopic (exact) mass is 295 g/mol. The van der Waals surface area contributed by atoms with Crippen LogP contribution in [0, 0.1) is 0 Å². The van der Waals surface area contributed by atoms with Crippen LogP contribution < -0.4 is 5.32 Å². The molecule has 1 N–H and O–H groups in total. The van der Waals surface area contributed by atoms with Gasteiger partial charge in [-0.15, -0.1) is 0 Å². The van der Waals surface area contributed by atoms with E-state index in [-0.39, 0.29) is 0 Å². The van der Waals surface area contributed by atoms with Crippen LogP contribution in [0.25, 0.3) is 0 Å². The van der Waals surface area contributed by atoms with Crippen molar-refractivity contribution in [1.29, 1.82) is 0 Å². The summed E-state index contributed by atoms with van der Waals surface area (Å²) in [6.45, 7) is 6.35. The second kappa shape index (κ2) is 8.02. The fraction of sp³-hybridized carbons (Fsp3) is 0.647. The number of ether oxygens (including phenoxy) is 1. The number of rotatable bonds is 7. The molecule has 1 aromatic rings.